The molecule has 0 aromatic carbocycles. The molecule has 1 heterocycles. The first kappa shape index (κ1) is 9.28. The Morgan fingerprint density at radius 1 is 1.58 bits per heavy atom. The van der Waals surface area contributed by atoms with Crippen LogP contribution in [-0.4, -0.2) is 40.0 Å². The molecule has 0 radical (unpaired) electrons. The van der Waals surface area contributed by atoms with Crippen LogP contribution in [0.1, 0.15) is 19.3 Å². The lowest BCUT2D eigenvalue weighted by atomic mass is 10.1. The van der Waals surface area contributed by atoms with Crippen molar-refractivity contribution in [3.63, 3.8) is 0 Å². The van der Waals surface area contributed by atoms with Gasteiger partial charge in [-0.15, -0.1) is 0 Å². The largest absolute Gasteiger partial charge is 0.396 e. The zero-order chi connectivity index (χ0) is 9.14. The molecule has 0 saturated carbocycles. The van der Waals surface area contributed by atoms with Gasteiger partial charge in [-0.05, 0) is 19.3 Å². The maximum atomic E-state index is 10.8. The van der Waals surface area contributed by atoms with E-state index in [-0.39, 0.29) is 12.6 Å². The monoisotopic (exact) mass is 174 g/mol. The molecule has 70 valence electrons. The lowest BCUT2D eigenvalue weighted by Gasteiger charge is -2.24. The molecule has 12 heavy (non-hydrogen) atoms. The third kappa shape index (κ3) is 1.67. The Balaban J connectivity index is 2.57. The van der Waals surface area contributed by atoms with Gasteiger partial charge in [-0.3, -0.25) is 4.90 Å². The molecule has 0 aliphatic carbocycles. The molecule has 5 nitrogen and oxygen atoms in total. The smallest absolute Gasteiger partial charge is 0.317 e. The van der Waals surface area contributed by atoms with Crippen LogP contribution in [0.5, 0.6) is 0 Å². The molecule has 1 saturated heterocycles. The molecule has 0 bridgehead atoms. The lowest BCUT2D eigenvalue weighted by molar-refractivity contribution is 0.0437. The van der Waals surface area contributed by atoms with Crippen LogP contribution >= 0.6 is 0 Å². The van der Waals surface area contributed by atoms with Crippen LogP contribution in [0.4, 0.5) is 4.79 Å². The molecular weight excluding hydrogens is 160 g/mol. The summed E-state index contributed by atoms with van der Waals surface area (Å²) in [7, 11) is 0. The third-order valence-electron chi connectivity index (χ3n) is 2.19. The van der Waals surface area contributed by atoms with Crippen molar-refractivity contribution in [3.05, 3.63) is 0 Å². The Morgan fingerprint density at radius 3 is 2.75 bits per heavy atom. The number of hydrogen-bond acceptors (Lipinski definition) is 3. The summed E-state index contributed by atoms with van der Waals surface area (Å²) in [6.45, 7) is 0.0150. The molecule has 2 amide bonds. The SMILES string of the molecule is NC(=O)N1[C@@H](CCO)CC[C@H]1O. The van der Waals surface area contributed by atoms with E-state index in [9.17, 15) is 9.90 Å². The number of likely N-dealkylation sites (tertiary alicyclic amines) is 1. The number of aliphatic hydroxyl groups excluding tert-OH is 2. The summed E-state index contributed by atoms with van der Waals surface area (Å²) in [6.07, 6.45) is 0.984. The quantitative estimate of drug-likeness (QED) is 0.513. The Hall–Kier alpha value is -0.810. The van der Waals surface area contributed by atoms with Crippen LogP contribution in [0.2, 0.25) is 0 Å². The van der Waals surface area contributed by atoms with Gasteiger partial charge in [0.1, 0.15) is 6.23 Å². The topological polar surface area (TPSA) is 86.8 Å². The number of carbonyl (C=O) groups is 1. The lowest BCUT2D eigenvalue weighted by Crippen LogP contribution is -2.44. The summed E-state index contributed by atoms with van der Waals surface area (Å²) >= 11 is 0. The summed E-state index contributed by atoms with van der Waals surface area (Å²) in [4.78, 5) is 12.0. The number of aliphatic hydroxyl groups is 2. The second-order valence-corrected chi connectivity index (χ2v) is 2.97. The van der Waals surface area contributed by atoms with E-state index in [0.717, 1.165) is 0 Å². The first-order chi connectivity index (χ1) is 5.66. The van der Waals surface area contributed by atoms with Gasteiger partial charge in [0, 0.05) is 12.6 Å². The first-order valence-electron chi connectivity index (χ1n) is 4.03. The standard InChI is InChI=1S/C7H14N2O3/c8-7(12)9-5(3-4-10)1-2-6(9)11/h5-6,10-11H,1-4H2,(H2,8,12)/t5-,6-/m1/s1. The van der Waals surface area contributed by atoms with Crippen molar-refractivity contribution in [1.29, 1.82) is 0 Å². The van der Waals surface area contributed by atoms with Crippen molar-refractivity contribution in [2.24, 2.45) is 5.73 Å². The normalized spacial score (nSPS) is 29.3. The Bertz CT molecular complexity index is 172. The maximum absolute atomic E-state index is 10.8. The highest BCUT2D eigenvalue weighted by atomic mass is 16.3. The predicted molar refractivity (Wildman–Crippen MR) is 42.2 cm³/mol. The van der Waals surface area contributed by atoms with Crippen LogP contribution in [0.15, 0.2) is 0 Å². The number of nitrogens with zero attached hydrogens (tertiary/aromatic N) is 1. The summed E-state index contributed by atoms with van der Waals surface area (Å²) in [5, 5.41) is 18.0. The minimum absolute atomic E-state index is 0.0150. The predicted octanol–water partition coefficient (Wildman–Crippen LogP) is -0.770. The van der Waals surface area contributed by atoms with Crippen LogP contribution in [0.25, 0.3) is 0 Å². The second-order valence-electron chi connectivity index (χ2n) is 2.97. The molecule has 1 aliphatic rings. The van der Waals surface area contributed by atoms with Crippen molar-refractivity contribution in [2.45, 2.75) is 31.5 Å². The highest BCUT2D eigenvalue weighted by Gasteiger charge is 2.33. The van der Waals surface area contributed by atoms with E-state index in [1.165, 1.54) is 4.90 Å². The highest BCUT2D eigenvalue weighted by Crippen LogP contribution is 2.23. The number of urea groups is 1. The van der Waals surface area contributed by atoms with E-state index < -0.39 is 12.3 Å². The van der Waals surface area contributed by atoms with Gasteiger partial charge < -0.3 is 15.9 Å². The number of nitrogens with two attached hydrogens (primary N) is 1. The molecule has 0 spiro atoms. The minimum atomic E-state index is -0.765. The molecule has 0 aromatic rings. The van der Waals surface area contributed by atoms with E-state index in [1.54, 1.807) is 0 Å². The maximum Gasteiger partial charge on any atom is 0.317 e. The molecular formula is C7H14N2O3. The van der Waals surface area contributed by atoms with Gasteiger partial charge in [-0.1, -0.05) is 0 Å². The zero-order valence-electron chi connectivity index (χ0n) is 6.81. The van der Waals surface area contributed by atoms with E-state index >= 15 is 0 Å². The number of carbonyl (C=O) groups excluding carboxylic acids is 1. The fourth-order valence-electron chi connectivity index (χ4n) is 1.62. The zero-order valence-corrected chi connectivity index (χ0v) is 6.81. The summed E-state index contributed by atoms with van der Waals surface area (Å²) in [5.74, 6) is 0. The van der Waals surface area contributed by atoms with Gasteiger partial charge in [0.15, 0.2) is 0 Å². The van der Waals surface area contributed by atoms with Gasteiger partial charge in [0.2, 0.25) is 0 Å². The van der Waals surface area contributed by atoms with Gasteiger partial charge in [0.05, 0.1) is 0 Å². The summed E-state index contributed by atoms with van der Waals surface area (Å²) < 4.78 is 0. The van der Waals surface area contributed by atoms with Gasteiger partial charge in [-0.25, -0.2) is 4.79 Å². The van der Waals surface area contributed by atoms with Crippen molar-refractivity contribution in [1.82, 2.24) is 4.90 Å². The molecule has 2 atom stereocenters. The number of hydrogen-bond donors (Lipinski definition) is 3. The van der Waals surface area contributed by atoms with Gasteiger partial charge in [-0.2, -0.15) is 0 Å². The third-order valence-corrected chi connectivity index (χ3v) is 2.19. The van der Waals surface area contributed by atoms with E-state index in [0.29, 0.717) is 19.3 Å². The van der Waals surface area contributed by atoms with E-state index in [4.69, 9.17) is 10.8 Å². The van der Waals surface area contributed by atoms with Crippen LogP contribution in [0.3, 0.4) is 0 Å². The first-order valence-corrected chi connectivity index (χ1v) is 4.03. The van der Waals surface area contributed by atoms with E-state index in [2.05, 4.69) is 0 Å². The average Bonchev–Trinajstić information content (AvgIpc) is 2.32. The molecule has 4 N–H and O–H groups in total. The van der Waals surface area contributed by atoms with E-state index in [1.807, 2.05) is 0 Å². The Kier molecular flexibility index (Phi) is 2.88. The molecule has 1 fully saturated rings. The Labute approximate surface area is 70.8 Å². The van der Waals surface area contributed by atoms with Crippen LogP contribution in [0, 0.1) is 0 Å². The molecule has 0 aromatic heterocycles. The average molecular weight is 174 g/mol. The summed E-state index contributed by atoms with van der Waals surface area (Å²) in [5.41, 5.74) is 5.05. The number of amides is 2. The highest BCUT2D eigenvalue weighted by molar-refractivity contribution is 5.72. The van der Waals surface area contributed by atoms with Crippen molar-refractivity contribution in [3.8, 4) is 0 Å². The fourth-order valence-corrected chi connectivity index (χ4v) is 1.62. The molecule has 1 aliphatic heterocycles. The minimum Gasteiger partial charge on any atom is -0.396 e. The Morgan fingerprint density at radius 2 is 2.25 bits per heavy atom. The van der Waals surface area contributed by atoms with Crippen LogP contribution in [-0.2, 0) is 0 Å². The molecule has 5 heteroatoms. The van der Waals surface area contributed by atoms with Crippen molar-refractivity contribution < 1.29 is 15.0 Å². The number of primary amides is 1. The summed E-state index contributed by atoms with van der Waals surface area (Å²) in [6, 6.07) is -0.707. The van der Waals surface area contributed by atoms with Crippen molar-refractivity contribution in [2.75, 3.05) is 6.61 Å². The van der Waals surface area contributed by atoms with Crippen LogP contribution < -0.4 is 5.73 Å². The molecule has 1 rings (SSSR count). The molecule has 0 unspecified atom stereocenters. The fraction of sp³-hybridized carbons (Fsp3) is 0.857. The van der Waals surface area contributed by atoms with Gasteiger partial charge >= 0.3 is 6.03 Å². The second kappa shape index (κ2) is 3.73. The van der Waals surface area contributed by atoms with Crippen molar-refractivity contribution >= 4 is 6.03 Å². The van der Waals surface area contributed by atoms with Gasteiger partial charge in [0.25, 0.3) is 0 Å². The number of rotatable bonds is 2.